The van der Waals surface area contributed by atoms with Crippen LogP contribution >= 0.6 is 0 Å². The predicted molar refractivity (Wildman–Crippen MR) is 64.2 cm³/mol. The molecule has 0 aliphatic heterocycles. The standard InChI is InChI=1S/C12H18N4/c1-9(2)5-6-16(4)12-14-10(3)7-11(8-13)15-12/h7,9H,5-6H2,1-4H3. The van der Waals surface area contributed by atoms with Gasteiger partial charge in [-0.15, -0.1) is 0 Å². The molecule has 4 nitrogen and oxygen atoms in total. The van der Waals surface area contributed by atoms with E-state index in [9.17, 15) is 0 Å². The first kappa shape index (κ1) is 12.4. The number of anilines is 1. The van der Waals surface area contributed by atoms with Crippen LogP contribution in [0.3, 0.4) is 0 Å². The van der Waals surface area contributed by atoms with Crippen LogP contribution in [0.5, 0.6) is 0 Å². The highest BCUT2D eigenvalue weighted by Crippen LogP contribution is 2.10. The summed E-state index contributed by atoms with van der Waals surface area (Å²) in [5.74, 6) is 1.29. The average Bonchev–Trinajstić information content (AvgIpc) is 2.24. The highest BCUT2D eigenvalue weighted by molar-refractivity contribution is 5.34. The van der Waals surface area contributed by atoms with Crippen LogP contribution < -0.4 is 4.90 Å². The summed E-state index contributed by atoms with van der Waals surface area (Å²) in [5, 5.41) is 8.83. The summed E-state index contributed by atoms with van der Waals surface area (Å²) in [5.41, 5.74) is 1.26. The second kappa shape index (κ2) is 5.45. The van der Waals surface area contributed by atoms with Crippen molar-refractivity contribution in [3.05, 3.63) is 17.5 Å². The van der Waals surface area contributed by atoms with Crippen molar-refractivity contribution < 1.29 is 0 Å². The zero-order valence-corrected chi connectivity index (χ0v) is 10.4. The van der Waals surface area contributed by atoms with E-state index in [-0.39, 0.29) is 0 Å². The molecule has 1 rings (SSSR count). The molecule has 0 bridgehead atoms. The third-order valence-corrected chi connectivity index (χ3v) is 2.34. The second-order valence-electron chi connectivity index (χ2n) is 4.41. The van der Waals surface area contributed by atoms with E-state index in [1.807, 2.05) is 18.9 Å². The molecule has 0 saturated carbocycles. The van der Waals surface area contributed by atoms with Gasteiger partial charge in [0.05, 0.1) is 0 Å². The van der Waals surface area contributed by atoms with Gasteiger partial charge in [-0.05, 0) is 25.3 Å². The first-order valence-electron chi connectivity index (χ1n) is 5.50. The van der Waals surface area contributed by atoms with E-state index < -0.39 is 0 Å². The zero-order valence-electron chi connectivity index (χ0n) is 10.4. The lowest BCUT2D eigenvalue weighted by Crippen LogP contribution is -2.22. The average molecular weight is 218 g/mol. The molecule has 4 heteroatoms. The molecular weight excluding hydrogens is 200 g/mol. The first-order chi connectivity index (χ1) is 7.52. The fourth-order valence-electron chi connectivity index (χ4n) is 1.33. The Bertz CT molecular complexity index is 392. The van der Waals surface area contributed by atoms with Gasteiger partial charge in [0.15, 0.2) is 0 Å². The van der Waals surface area contributed by atoms with Gasteiger partial charge in [0.1, 0.15) is 11.8 Å². The molecule has 1 aromatic rings. The van der Waals surface area contributed by atoms with Crippen LogP contribution in [0.25, 0.3) is 0 Å². The molecule has 0 amide bonds. The molecule has 1 heterocycles. The summed E-state index contributed by atoms with van der Waals surface area (Å²) in [4.78, 5) is 10.5. The highest BCUT2D eigenvalue weighted by Gasteiger charge is 2.07. The Labute approximate surface area is 96.9 Å². The summed E-state index contributed by atoms with van der Waals surface area (Å²) in [6.07, 6.45) is 1.09. The third kappa shape index (κ3) is 3.50. The summed E-state index contributed by atoms with van der Waals surface area (Å²) in [6, 6.07) is 3.74. The smallest absolute Gasteiger partial charge is 0.226 e. The van der Waals surface area contributed by atoms with E-state index in [0.717, 1.165) is 18.7 Å². The predicted octanol–water partition coefficient (Wildman–Crippen LogP) is 2.14. The number of nitriles is 1. The van der Waals surface area contributed by atoms with E-state index in [2.05, 4.69) is 29.9 Å². The second-order valence-corrected chi connectivity index (χ2v) is 4.41. The molecule has 0 unspecified atom stereocenters. The number of hydrogen-bond donors (Lipinski definition) is 0. The fourth-order valence-corrected chi connectivity index (χ4v) is 1.33. The van der Waals surface area contributed by atoms with Gasteiger partial charge in [-0.25, -0.2) is 9.97 Å². The maximum absolute atomic E-state index is 8.83. The summed E-state index contributed by atoms with van der Waals surface area (Å²) in [7, 11) is 1.96. The van der Waals surface area contributed by atoms with E-state index in [1.54, 1.807) is 6.07 Å². The lowest BCUT2D eigenvalue weighted by Gasteiger charge is -2.18. The number of hydrogen-bond acceptors (Lipinski definition) is 4. The fraction of sp³-hybridized carbons (Fsp3) is 0.583. The largest absolute Gasteiger partial charge is 0.344 e. The molecule has 0 radical (unpaired) electrons. The Morgan fingerprint density at radius 1 is 1.44 bits per heavy atom. The van der Waals surface area contributed by atoms with Gasteiger partial charge in [-0.3, -0.25) is 0 Å². The minimum absolute atomic E-state index is 0.430. The Kier molecular flexibility index (Phi) is 4.24. The first-order valence-corrected chi connectivity index (χ1v) is 5.50. The normalized spacial score (nSPS) is 10.2. The van der Waals surface area contributed by atoms with Gasteiger partial charge in [0, 0.05) is 19.3 Å². The van der Waals surface area contributed by atoms with Gasteiger partial charge in [-0.1, -0.05) is 13.8 Å². The topological polar surface area (TPSA) is 52.8 Å². The molecular formula is C12H18N4. The molecule has 0 aliphatic rings. The minimum atomic E-state index is 0.430. The molecule has 0 aliphatic carbocycles. The Hall–Kier alpha value is -1.63. The molecule has 0 fully saturated rings. The SMILES string of the molecule is Cc1cc(C#N)nc(N(C)CCC(C)C)n1. The van der Waals surface area contributed by atoms with Gasteiger partial charge in [0.2, 0.25) is 5.95 Å². The van der Waals surface area contributed by atoms with Crippen molar-refractivity contribution in [2.45, 2.75) is 27.2 Å². The van der Waals surface area contributed by atoms with E-state index >= 15 is 0 Å². The Morgan fingerprint density at radius 2 is 2.12 bits per heavy atom. The van der Waals surface area contributed by atoms with Crippen LogP contribution in [-0.2, 0) is 0 Å². The van der Waals surface area contributed by atoms with Crippen molar-refractivity contribution in [1.29, 1.82) is 5.26 Å². The number of nitrogens with zero attached hydrogens (tertiary/aromatic N) is 4. The van der Waals surface area contributed by atoms with Crippen molar-refractivity contribution in [3.8, 4) is 6.07 Å². The molecule has 0 atom stereocenters. The summed E-state index contributed by atoms with van der Waals surface area (Å²) >= 11 is 0. The summed E-state index contributed by atoms with van der Waals surface area (Å²) < 4.78 is 0. The molecule has 16 heavy (non-hydrogen) atoms. The zero-order chi connectivity index (χ0) is 12.1. The van der Waals surface area contributed by atoms with Crippen molar-refractivity contribution >= 4 is 5.95 Å². The monoisotopic (exact) mass is 218 g/mol. The van der Waals surface area contributed by atoms with E-state index in [1.165, 1.54) is 0 Å². The van der Waals surface area contributed by atoms with Crippen LogP contribution in [0.15, 0.2) is 6.07 Å². The van der Waals surface area contributed by atoms with Gasteiger partial charge < -0.3 is 4.90 Å². The molecule has 86 valence electrons. The lowest BCUT2D eigenvalue weighted by atomic mass is 10.1. The number of aromatic nitrogens is 2. The van der Waals surface area contributed by atoms with E-state index in [0.29, 0.717) is 17.6 Å². The Balaban J connectivity index is 2.79. The lowest BCUT2D eigenvalue weighted by molar-refractivity contribution is 0.581. The van der Waals surface area contributed by atoms with Gasteiger partial charge in [-0.2, -0.15) is 5.26 Å². The number of rotatable bonds is 4. The van der Waals surface area contributed by atoms with Crippen molar-refractivity contribution in [1.82, 2.24) is 9.97 Å². The van der Waals surface area contributed by atoms with Crippen LogP contribution in [0.1, 0.15) is 31.7 Å². The molecule has 0 aromatic carbocycles. The maximum atomic E-state index is 8.83. The summed E-state index contributed by atoms with van der Waals surface area (Å²) in [6.45, 7) is 7.16. The quantitative estimate of drug-likeness (QED) is 0.777. The van der Waals surface area contributed by atoms with Crippen LogP contribution in [0.2, 0.25) is 0 Å². The van der Waals surface area contributed by atoms with Gasteiger partial charge >= 0.3 is 0 Å². The van der Waals surface area contributed by atoms with Crippen LogP contribution in [0, 0.1) is 24.2 Å². The van der Waals surface area contributed by atoms with Crippen LogP contribution in [-0.4, -0.2) is 23.6 Å². The molecule has 0 N–H and O–H groups in total. The maximum Gasteiger partial charge on any atom is 0.226 e. The Morgan fingerprint density at radius 3 is 2.69 bits per heavy atom. The highest BCUT2D eigenvalue weighted by atomic mass is 15.2. The van der Waals surface area contributed by atoms with Crippen molar-refractivity contribution in [2.75, 3.05) is 18.5 Å². The van der Waals surface area contributed by atoms with Gasteiger partial charge in [0.25, 0.3) is 0 Å². The number of aryl methyl sites for hydroxylation is 1. The molecule has 0 spiro atoms. The minimum Gasteiger partial charge on any atom is -0.344 e. The third-order valence-electron chi connectivity index (χ3n) is 2.34. The van der Waals surface area contributed by atoms with Crippen molar-refractivity contribution in [3.63, 3.8) is 0 Å². The van der Waals surface area contributed by atoms with Crippen LogP contribution in [0.4, 0.5) is 5.95 Å². The van der Waals surface area contributed by atoms with E-state index in [4.69, 9.17) is 5.26 Å². The molecule has 1 aromatic heterocycles. The molecule has 0 saturated heterocycles. The van der Waals surface area contributed by atoms with Crippen molar-refractivity contribution in [2.24, 2.45) is 5.92 Å².